The predicted molar refractivity (Wildman–Crippen MR) is 133 cm³/mol. The number of hydrogen-bond donors (Lipinski definition) is 2. The van der Waals surface area contributed by atoms with Crippen molar-refractivity contribution < 1.29 is 13.5 Å². The number of aliphatic hydroxyl groups is 1. The van der Waals surface area contributed by atoms with Crippen LogP contribution in [0.4, 0.5) is 5.69 Å². The van der Waals surface area contributed by atoms with E-state index in [0.717, 1.165) is 38.9 Å². The van der Waals surface area contributed by atoms with Gasteiger partial charge in [0.2, 0.25) is 10.0 Å². The van der Waals surface area contributed by atoms with Crippen LogP contribution >= 0.6 is 0 Å². The normalized spacial score (nSPS) is 33.4. The molecule has 33 heavy (non-hydrogen) atoms. The fraction of sp³-hybridized carbons (Fsp3) is 0.556. The van der Waals surface area contributed by atoms with Gasteiger partial charge in [0.25, 0.3) is 0 Å². The zero-order chi connectivity index (χ0) is 23.3. The Balaban J connectivity index is 1.21. The zero-order valence-electron chi connectivity index (χ0n) is 19.7. The third kappa shape index (κ3) is 4.22. The summed E-state index contributed by atoms with van der Waals surface area (Å²) >= 11 is 0. The maximum absolute atomic E-state index is 12.2. The highest BCUT2D eigenvalue weighted by Gasteiger charge is 2.67. The third-order valence-electron chi connectivity index (χ3n) is 8.38. The number of benzene rings is 2. The van der Waals surface area contributed by atoms with Gasteiger partial charge in [-0.25, -0.2) is 8.42 Å². The van der Waals surface area contributed by atoms with Crippen molar-refractivity contribution in [3.8, 4) is 0 Å². The van der Waals surface area contributed by atoms with Crippen LogP contribution in [0.2, 0.25) is 0 Å². The summed E-state index contributed by atoms with van der Waals surface area (Å²) in [5, 5.41) is 11.1. The van der Waals surface area contributed by atoms with E-state index in [2.05, 4.69) is 46.9 Å². The van der Waals surface area contributed by atoms with Gasteiger partial charge in [-0.05, 0) is 66.7 Å². The summed E-state index contributed by atoms with van der Waals surface area (Å²) in [5.74, 6) is 1.78. The smallest absolute Gasteiger partial charge is 0.232 e. The highest BCUT2D eigenvalue weighted by molar-refractivity contribution is 7.92. The molecule has 5 rings (SSSR count). The monoisotopic (exact) mass is 468 g/mol. The summed E-state index contributed by atoms with van der Waals surface area (Å²) in [6, 6.07) is 18.6. The van der Waals surface area contributed by atoms with Crippen molar-refractivity contribution in [2.75, 3.05) is 30.1 Å². The first-order valence-corrected chi connectivity index (χ1v) is 14.0. The SMILES string of the molecule is CCCS(=O)(=O)Nc1cccc(C2(CC)C3CN(CC4(O)CC(c5ccccc5)C4)CC32)c1. The first-order valence-electron chi connectivity index (χ1n) is 12.4. The second-order valence-corrected chi connectivity index (χ2v) is 12.4. The van der Waals surface area contributed by atoms with Gasteiger partial charge in [0, 0.05) is 30.7 Å². The molecule has 2 aromatic carbocycles. The summed E-state index contributed by atoms with van der Waals surface area (Å²) in [5.41, 5.74) is 2.83. The van der Waals surface area contributed by atoms with Crippen LogP contribution in [-0.2, 0) is 15.4 Å². The Hall–Kier alpha value is -1.89. The summed E-state index contributed by atoms with van der Waals surface area (Å²) < 4.78 is 27.2. The average Bonchev–Trinajstić information content (AvgIpc) is 3.15. The van der Waals surface area contributed by atoms with Crippen molar-refractivity contribution in [1.29, 1.82) is 0 Å². The second kappa shape index (κ2) is 8.40. The number of likely N-dealkylation sites (tertiary alicyclic amines) is 1. The maximum Gasteiger partial charge on any atom is 0.232 e. The van der Waals surface area contributed by atoms with Gasteiger partial charge in [-0.1, -0.05) is 56.3 Å². The van der Waals surface area contributed by atoms with Gasteiger partial charge < -0.3 is 5.11 Å². The van der Waals surface area contributed by atoms with E-state index in [-0.39, 0.29) is 11.2 Å². The van der Waals surface area contributed by atoms with Crippen molar-refractivity contribution >= 4 is 15.7 Å². The predicted octanol–water partition coefficient (Wildman–Crippen LogP) is 4.36. The maximum atomic E-state index is 12.2. The van der Waals surface area contributed by atoms with Gasteiger partial charge in [-0.2, -0.15) is 0 Å². The van der Waals surface area contributed by atoms with Gasteiger partial charge in [0.1, 0.15) is 0 Å². The molecule has 3 aliphatic rings. The van der Waals surface area contributed by atoms with Crippen molar-refractivity contribution in [3.63, 3.8) is 0 Å². The summed E-state index contributed by atoms with van der Waals surface area (Å²) in [6.45, 7) is 6.92. The lowest BCUT2D eigenvalue weighted by atomic mass is 9.67. The minimum atomic E-state index is -3.29. The van der Waals surface area contributed by atoms with E-state index < -0.39 is 15.6 Å². The van der Waals surface area contributed by atoms with Crippen molar-refractivity contribution in [2.24, 2.45) is 11.8 Å². The molecular formula is C27H36N2O3S. The molecule has 2 saturated carbocycles. The number of hydrogen-bond acceptors (Lipinski definition) is 4. The van der Waals surface area contributed by atoms with Gasteiger partial charge in [-0.15, -0.1) is 0 Å². The van der Waals surface area contributed by atoms with E-state index in [1.54, 1.807) is 0 Å². The number of fused-ring (bicyclic) bond motifs is 1. The molecule has 6 heteroatoms. The molecule has 2 atom stereocenters. The van der Waals surface area contributed by atoms with E-state index in [9.17, 15) is 13.5 Å². The summed E-state index contributed by atoms with van der Waals surface area (Å²) in [7, 11) is -3.29. The molecule has 2 unspecified atom stereocenters. The molecule has 0 radical (unpaired) electrons. The van der Waals surface area contributed by atoms with Crippen LogP contribution in [0.3, 0.4) is 0 Å². The molecule has 0 bridgehead atoms. The van der Waals surface area contributed by atoms with E-state index in [1.807, 2.05) is 31.2 Å². The minimum absolute atomic E-state index is 0.136. The lowest BCUT2D eigenvalue weighted by Gasteiger charge is -2.46. The van der Waals surface area contributed by atoms with Crippen LogP contribution in [0.15, 0.2) is 54.6 Å². The van der Waals surface area contributed by atoms with Crippen molar-refractivity contribution in [1.82, 2.24) is 4.90 Å². The Morgan fingerprint density at radius 2 is 1.73 bits per heavy atom. The van der Waals surface area contributed by atoms with E-state index in [1.165, 1.54) is 11.1 Å². The Labute approximate surface area is 198 Å². The summed E-state index contributed by atoms with van der Waals surface area (Å²) in [6.07, 6.45) is 3.36. The van der Waals surface area contributed by atoms with Gasteiger partial charge in [0.05, 0.1) is 11.4 Å². The van der Waals surface area contributed by atoms with Crippen molar-refractivity contribution in [2.45, 2.75) is 56.5 Å². The Morgan fingerprint density at radius 3 is 2.36 bits per heavy atom. The van der Waals surface area contributed by atoms with E-state index in [0.29, 0.717) is 29.9 Å². The van der Waals surface area contributed by atoms with Crippen LogP contribution in [0, 0.1) is 11.8 Å². The van der Waals surface area contributed by atoms with Crippen LogP contribution < -0.4 is 4.72 Å². The Morgan fingerprint density at radius 1 is 1.03 bits per heavy atom. The topological polar surface area (TPSA) is 69.6 Å². The minimum Gasteiger partial charge on any atom is -0.389 e. The Kier molecular flexibility index (Phi) is 5.82. The molecule has 2 aromatic rings. The van der Waals surface area contributed by atoms with Crippen LogP contribution in [0.5, 0.6) is 0 Å². The molecule has 0 amide bonds. The van der Waals surface area contributed by atoms with Gasteiger partial charge >= 0.3 is 0 Å². The van der Waals surface area contributed by atoms with Crippen LogP contribution in [0.25, 0.3) is 0 Å². The number of anilines is 1. The number of piperidine rings is 1. The van der Waals surface area contributed by atoms with E-state index in [4.69, 9.17) is 0 Å². The molecule has 1 saturated heterocycles. The standard InChI is InChI=1S/C27H36N2O3S/c1-3-13-33(31,32)28-23-12-8-11-22(14-23)27(4-2)24-17-29(18-25(24)27)19-26(30)15-21(16-26)20-9-6-5-7-10-20/h5-12,14,21,24-25,28,30H,3-4,13,15-19H2,1-2H3. The molecule has 2 N–H and O–H groups in total. The average molecular weight is 469 g/mol. The molecule has 2 aliphatic carbocycles. The van der Waals surface area contributed by atoms with Crippen LogP contribution in [-0.4, -0.2) is 49.4 Å². The first kappa shape index (κ1) is 22.9. The fourth-order valence-corrected chi connectivity index (χ4v) is 7.96. The number of rotatable bonds is 9. The first-order chi connectivity index (χ1) is 15.8. The largest absolute Gasteiger partial charge is 0.389 e. The highest BCUT2D eigenvalue weighted by atomic mass is 32.2. The van der Waals surface area contributed by atoms with Gasteiger partial charge in [-0.3, -0.25) is 9.62 Å². The Bertz CT molecular complexity index is 1080. The molecule has 178 valence electrons. The molecule has 5 nitrogen and oxygen atoms in total. The van der Waals surface area contributed by atoms with Gasteiger partial charge in [0.15, 0.2) is 0 Å². The van der Waals surface area contributed by atoms with Crippen LogP contribution in [0.1, 0.15) is 56.6 Å². The molecule has 1 heterocycles. The fourth-order valence-electron chi connectivity index (χ4n) is 6.84. The highest BCUT2D eigenvalue weighted by Crippen LogP contribution is 2.66. The molecule has 3 fully saturated rings. The molecular weight excluding hydrogens is 432 g/mol. The lowest BCUT2D eigenvalue weighted by molar-refractivity contribution is -0.0711. The zero-order valence-corrected chi connectivity index (χ0v) is 20.5. The number of nitrogens with zero attached hydrogens (tertiary/aromatic N) is 1. The summed E-state index contributed by atoms with van der Waals surface area (Å²) in [4.78, 5) is 2.46. The third-order valence-corrected chi connectivity index (χ3v) is 9.87. The quantitative estimate of drug-likeness (QED) is 0.574. The molecule has 1 aliphatic heterocycles. The number of sulfonamides is 1. The second-order valence-electron chi connectivity index (χ2n) is 10.5. The molecule has 0 aromatic heterocycles. The molecule has 0 spiro atoms. The van der Waals surface area contributed by atoms with Crippen molar-refractivity contribution in [3.05, 3.63) is 65.7 Å². The lowest BCUT2D eigenvalue weighted by Crippen LogP contribution is -2.51. The van der Waals surface area contributed by atoms with E-state index >= 15 is 0 Å². The number of nitrogens with one attached hydrogen (secondary N) is 1. The number of β-amino-alcohol motifs (C(OH)–C–C–N with tert-alkyl or cyclic N) is 1.